The Labute approximate surface area is 93.9 Å². The van der Waals surface area contributed by atoms with Gasteiger partial charge >= 0.3 is 0 Å². The highest BCUT2D eigenvalue weighted by Gasteiger charge is 2.20. The summed E-state index contributed by atoms with van der Waals surface area (Å²) in [5, 5.41) is 5.51. The lowest BCUT2D eigenvalue weighted by molar-refractivity contribution is 0.498. The first-order valence-electron chi connectivity index (χ1n) is 4.23. The van der Waals surface area contributed by atoms with Crippen LogP contribution in [0.5, 0.6) is 0 Å². The maximum absolute atomic E-state index is 6.05. The maximum atomic E-state index is 6.05. The van der Waals surface area contributed by atoms with Crippen LogP contribution in [0.3, 0.4) is 0 Å². The Hall–Kier alpha value is 0.240. The van der Waals surface area contributed by atoms with Crippen molar-refractivity contribution in [1.29, 1.82) is 0 Å². The molecule has 1 aliphatic rings. The van der Waals surface area contributed by atoms with E-state index in [0.717, 1.165) is 17.2 Å². The molecular weight excluding hydrogens is 225 g/mol. The number of hydrogen-bond acceptors (Lipinski definition) is 2. The summed E-state index contributed by atoms with van der Waals surface area (Å²) in [7, 11) is 2.03. The number of hydrogen-bond donors (Lipinski definition) is 1. The largest absolute Gasteiger partial charge is 0.317 e. The van der Waals surface area contributed by atoms with Crippen molar-refractivity contribution in [1.82, 2.24) is 5.32 Å². The normalized spacial score (nSPS) is 20.6. The van der Waals surface area contributed by atoms with Gasteiger partial charge in [0.25, 0.3) is 0 Å². The van der Waals surface area contributed by atoms with Crippen LogP contribution in [0, 0.1) is 0 Å². The van der Waals surface area contributed by atoms with Crippen LogP contribution in [0.2, 0.25) is 4.34 Å². The molecule has 0 fully saturated rings. The molecule has 74 valence electrons. The number of fused-ring (bicyclic) bond motifs is 1. The zero-order valence-electron chi connectivity index (χ0n) is 7.47. The first kappa shape index (κ1) is 11.3. The summed E-state index contributed by atoms with van der Waals surface area (Å²) in [6.45, 7) is 0. The fourth-order valence-electron chi connectivity index (χ4n) is 1.75. The zero-order chi connectivity index (χ0) is 8.55. The van der Waals surface area contributed by atoms with Crippen molar-refractivity contribution in [2.75, 3.05) is 7.05 Å². The van der Waals surface area contributed by atoms with Crippen molar-refractivity contribution in [3.05, 3.63) is 20.8 Å². The summed E-state index contributed by atoms with van der Waals surface area (Å²) in [6.07, 6.45) is 3.51. The molecule has 1 nitrogen and oxygen atoms in total. The van der Waals surface area contributed by atoms with Gasteiger partial charge in [-0.1, -0.05) is 11.6 Å². The second-order valence-electron chi connectivity index (χ2n) is 3.24. The molecule has 1 aliphatic carbocycles. The summed E-state index contributed by atoms with van der Waals surface area (Å²) < 4.78 is 1.000. The summed E-state index contributed by atoms with van der Waals surface area (Å²) in [6, 6.07) is 0.656. The number of nitrogens with one attached hydrogen (secondary N) is 1. The third-order valence-corrected chi connectivity index (χ3v) is 3.90. The van der Waals surface area contributed by atoms with Gasteiger partial charge in [-0.05, 0) is 42.8 Å². The van der Waals surface area contributed by atoms with E-state index in [0.29, 0.717) is 6.04 Å². The molecule has 0 amide bonds. The van der Waals surface area contributed by atoms with Gasteiger partial charge in [0, 0.05) is 6.04 Å². The molecule has 1 aromatic heterocycles. The molecule has 0 aromatic carbocycles. The van der Waals surface area contributed by atoms with E-state index in [-0.39, 0.29) is 12.4 Å². The summed E-state index contributed by atoms with van der Waals surface area (Å²) in [5.74, 6) is 0. The molecule has 0 saturated carbocycles. The van der Waals surface area contributed by atoms with Gasteiger partial charge < -0.3 is 5.32 Å². The predicted molar refractivity (Wildman–Crippen MR) is 61.4 cm³/mol. The van der Waals surface area contributed by atoms with Gasteiger partial charge in [0.2, 0.25) is 0 Å². The average Bonchev–Trinajstić information content (AvgIpc) is 2.47. The Morgan fingerprint density at radius 3 is 3.08 bits per heavy atom. The molecule has 1 atom stereocenters. The van der Waals surface area contributed by atoms with Gasteiger partial charge in [0.1, 0.15) is 0 Å². The summed E-state index contributed by atoms with van der Waals surface area (Å²) in [5.41, 5.74) is 2.85. The van der Waals surface area contributed by atoms with Gasteiger partial charge in [0.05, 0.1) is 4.34 Å². The van der Waals surface area contributed by atoms with Crippen LogP contribution in [0.25, 0.3) is 0 Å². The monoisotopic (exact) mass is 237 g/mol. The highest BCUT2D eigenvalue weighted by molar-refractivity contribution is 7.14. The van der Waals surface area contributed by atoms with Crippen molar-refractivity contribution in [2.24, 2.45) is 0 Å². The molecule has 13 heavy (non-hydrogen) atoms. The van der Waals surface area contributed by atoms with E-state index in [2.05, 4.69) is 10.7 Å². The van der Waals surface area contributed by atoms with Crippen LogP contribution < -0.4 is 5.32 Å². The quantitative estimate of drug-likeness (QED) is 0.793. The molecule has 0 radical (unpaired) electrons. The van der Waals surface area contributed by atoms with Crippen LogP contribution >= 0.6 is 35.3 Å². The lowest BCUT2D eigenvalue weighted by Gasteiger charge is -2.21. The van der Waals surface area contributed by atoms with Gasteiger partial charge in [-0.15, -0.1) is 23.7 Å². The Bertz CT molecular complexity index is 285. The molecule has 2 rings (SSSR count). The van der Waals surface area contributed by atoms with E-state index < -0.39 is 0 Å². The fraction of sp³-hybridized carbons (Fsp3) is 0.556. The van der Waals surface area contributed by atoms with E-state index in [1.54, 1.807) is 11.3 Å². The summed E-state index contributed by atoms with van der Waals surface area (Å²) >= 11 is 7.72. The smallest absolute Gasteiger partial charge is 0.0963 e. The van der Waals surface area contributed by atoms with Crippen LogP contribution in [-0.2, 0) is 12.8 Å². The predicted octanol–water partition coefficient (Wildman–Crippen LogP) is 2.90. The molecule has 0 bridgehead atoms. The van der Waals surface area contributed by atoms with Gasteiger partial charge in [-0.25, -0.2) is 0 Å². The molecule has 1 aromatic rings. The van der Waals surface area contributed by atoms with Crippen molar-refractivity contribution in [3.63, 3.8) is 0 Å². The van der Waals surface area contributed by atoms with Gasteiger partial charge in [-0.3, -0.25) is 0 Å². The number of halogens is 2. The lowest BCUT2D eigenvalue weighted by Crippen LogP contribution is -2.30. The standard InChI is InChI=1S/C9H12ClNS.ClH/c1-11-7-2-3-8-6(4-7)5-12-9(8)10;/h5,7,11H,2-4H2,1H3;1H. The van der Waals surface area contributed by atoms with E-state index in [4.69, 9.17) is 11.6 Å². The second kappa shape index (κ2) is 4.65. The minimum absolute atomic E-state index is 0. The third-order valence-electron chi connectivity index (χ3n) is 2.55. The number of rotatable bonds is 1. The van der Waals surface area contributed by atoms with Crippen LogP contribution in [0.1, 0.15) is 17.5 Å². The van der Waals surface area contributed by atoms with Crippen LogP contribution in [0.15, 0.2) is 5.38 Å². The topological polar surface area (TPSA) is 12.0 Å². The van der Waals surface area contributed by atoms with E-state index >= 15 is 0 Å². The second-order valence-corrected chi connectivity index (χ2v) is 4.72. The van der Waals surface area contributed by atoms with Crippen molar-refractivity contribution < 1.29 is 0 Å². The molecule has 0 saturated heterocycles. The molecule has 1 unspecified atom stereocenters. The highest BCUT2D eigenvalue weighted by Crippen LogP contribution is 2.33. The molecule has 1 heterocycles. The van der Waals surface area contributed by atoms with Crippen molar-refractivity contribution >= 4 is 35.3 Å². The first-order chi connectivity index (χ1) is 5.81. The number of likely N-dealkylation sites (N-methyl/N-ethyl adjacent to an activating group) is 1. The van der Waals surface area contributed by atoms with Crippen LogP contribution in [-0.4, -0.2) is 13.1 Å². The zero-order valence-corrected chi connectivity index (χ0v) is 9.86. The lowest BCUT2D eigenvalue weighted by atomic mass is 9.92. The molecule has 1 N–H and O–H groups in total. The molecule has 0 aliphatic heterocycles. The Morgan fingerprint density at radius 2 is 2.38 bits per heavy atom. The molecule has 4 heteroatoms. The van der Waals surface area contributed by atoms with E-state index in [1.165, 1.54) is 17.5 Å². The Kier molecular flexibility index (Phi) is 4.05. The minimum Gasteiger partial charge on any atom is -0.317 e. The van der Waals surface area contributed by atoms with Gasteiger partial charge in [0.15, 0.2) is 0 Å². The summed E-state index contributed by atoms with van der Waals surface area (Å²) in [4.78, 5) is 0. The Balaban J connectivity index is 0.000000845. The highest BCUT2D eigenvalue weighted by atomic mass is 35.5. The molecular formula is C9H13Cl2NS. The number of thiophene rings is 1. The van der Waals surface area contributed by atoms with E-state index in [1.807, 2.05) is 7.05 Å². The van der Waals surface area contributed by atoms with Crippen molar-refractivity contribution in [2.45, 2.75) is 25.3 Å². The molecule has 0 spiro atoms. The van der Waals surface area contributed by atoms with Gasteiger partial charge in [-0.2, -0.15) is 0 Å². The SMILES string of the molecule is CNC1CCc2c(csc2Cl)C1.Cl. The third kappa shape index (κ3) is 2.18. The minimum atomic E-state index is 0. The van der Waals surface area contributed by atoms with E-state index in [9.17, 15) is 0 Å². The maximum Gasteiger partial charge on any atom is 0.0963 e. The van der Waals surface area contributed by atoms with Crippen LogP contribution in [0.4, 0.5) is 0 Å². The average molecular weight is 238 g/mol. The first-order valence-corrected chi connectivity index (χ1v) is 5.49. The Morgan fingerprint density at radius 1 is 1.62 bits per heavy atom. The fourth-order valence-corrected chi connectivity index (χ4v) is 2.96. The van der Waals surface area contributed by atoms with Crippen molar-refractivity contribution in [3.8, 4) is 0 Å².